The van der Waals surface area contributed by atoms with Crippen LogP contribution in [-0.2, 0) is 4.79 Å². The van der Waals surface area contributed by atoms with Gasteiger partial charge in [0.1, 0.15) is 0 Å². The number of amides is 1. The van der Waals surface area contributed by atoms with Crippen molar-refractivity contribution in [1.29, 1.82) is 0 Å². The quantitative estimate of drug-likeness (QED) is 0.335. The minimum Gasteiger partial charge on any atom is -0.868 e. The molecule has 33 heavy (non-hydrogen) atoms. The van der Waals surface area contributed by atoms with E-state index in [4.69, 9.17) is 0 Å². The Kier molecular flexibility index (Phi) is 5.47. The van der Waals surface area contributed by atoms with Crippen LogP contribution in [0.3, 0.4) is 0 Å². The Bertz CT molecular complexity index is 1320. The number of nitro groups is 1. The van der Waals surface area contributed by atoms with E-state index in [0.29, 0.717) is 15.6 Å². The molecule has 9 heteroatoms. The number of nitro benzene ring substituents is 1. The first-order valence-electron chi connectivity index (χ1n) is 10.5. The highest BCUT2D eigenvalue weighted by atomic mass is 32.2. The highest BCUT2D eigenvalue weighted by molar-refractivity contribution is 8.18. The molecule has 3 aromatic rings. The number of benzene rings is 3. The van der Waals surface area contributed by atoms with E-state index >= 15 is 0 Å². The molecule has 2 aliphatic heterocycles. The molecule has 8 nitrogen and oxygen atoms in total. The van der Waals surface area contributed by atoms with Crippen molar-refractivity contribution in [3.05, 3.63) is 81.2 Å². The number of thioether (sulfide) groups is 1. The molecule has 0 aromatic heterocycles. The number of hydrogen-bond donors (Lipinski definition) is 0. The summed E-state index contributed by atoms with van der Waals surface area (Å²) in [7, 11) is 0. The van der Waals surface area contributed by atoms with Crippen molar-refractivity contribution >= 4 is 51.1 Å². The molecule has 0 N–H and O–H groups in total. The van der Waals surface area contributed by atoms with Crippen LogP contribution < -0.4 is 10.0 Å². The number of carbonyl (C=O) groups is 1. The van der Waals surface area contributed by atoms with Gasteiger partial charge in [-0.25, -0.2) is 0 Å². The first kappa shape index (κ1) is 21.0. The third-order valence-electron chi connectivity index (χ3n) is 5.74. The van der Waals surface area contributed by atoms with Crippen molar-refractivity contribution in [1.82, 2.24) is 4.90 Å². The summed E-state index contributed by atoms with van der Waals surface area (Å²) in [6.45, 7) is 3.06. The van der Waals surface area contributed by atoms with Gasteiger partial charge in [-0.1, -0.05) is 48.5 Å². The number of carbonyl (C=O) groups excluding carboxylic acids is 1. The second kappa shape index (κ2) is 8.59. The van der Waals surface area contributed by atoms with Gasteiger partial charge in [0.15, 0.2) is 5.17 Å². The van der Waals surface area contributed by atoms with Crippen LogP contribution in [0.2, 0.25) is 0 Å². The number of fused-ring (bicyclic) bond motifs is 1. The zero-order valence-electron chi connectivity index (χ0n) is 17.5. The van der Waals surface area contributed by atoms with Crippen LogP contribution in [0.5, 0.6) is 5.75 Å². The Morgan fingerprint density at radius 3 is 2.48 bits per heavy atom. The summed E-state index contributed by atoms with van der Waals surface area (Å²) in [5, 5.41) is 25.7. The highest BCUT2D eigenvalue weighted by Gasteiger charge is 2.29. The van der Waals surface area contributed by atoms with Gasteiger partial charge in [-0.05, 0) is 40.6 Å². The van der Waals surface area contributed by atoms with Crippen molar-refractivity contribution in [3.63, 3.8) is 0 Å². The summed E-state index contributed by atoms with van der Waals surface area (Å²) in [6, 6.07) is 18.4. The average Bonchev–Trinajstić information content (AvgIpc) is 3.20. The van der Waals surface area contributed by atoms with Gasteiger partial charge in [0.2, 0.25) is 0 Å². The third kappa shape index (κ3) is 4.14. The van der Waals surface area contributed by atoms with Crippen LogP contribution in [-0.4, -0.2) is 47.1 Å². The summed E-state index contributed by atoms with van der Waals surface area (Å²) in [5.74, 6) is -1.03. The van der Waals surface area contributed by atoms with Crippen molar-refractivity contribution in [2.24, 2.45) is 4.99 Å². The zero-order chi connectivity index (χ0) is 22.9. The van der Waals surface area contributed by atoms with E-state index in [2.05, 4.69) is 45.1 Å². The molecular formula is C24H19N4O4S-. The summed E-state index contributed by atoms with van der Waals surface area (Å²) in [5.41, 5.74) is 1.12. The first-order valence-corrected chi connectivity index (χ1v) is 11.3. The SMILES string of the molecule is O=C1N=C(N2CCN(c3cccc4ccccc34)CC2)S/C1=C\c1ccc([O-])c([N+](=O)[O-])c1. The van der Waals surface area contributed by atoms with E-state index in [0.717, 1.165) is 32.2 Å². The van der Waals surface area contributed by atoms with E-state index in [1.807, 2.05) is 12.1 Å². The molecule has 0 aliphatic carbocycles. The fourth-order valence-corrected chi connectivity index (χ4v) is 5.04. The molecule has 0 bridgehead atoms. The summed E-state index contributed by atoms with van der Waals surface area (Å²) in [6.07, 6.45) is 1.54. The van der Waals surface area contributed by atoms with Gasteiger partial charge in [-0.15, -0.1) is 0 Å². The fraction of sp³-hybridized carbons (Fsp3) is 0.167. The number of amidine groups is 1. The van der Waals surface area contributed by atoms with Crippen molar-refractivity contribution in [2.75, 3.05) is 31.1 Å². The molecule has 0 atom stereocenters. The molecule has 2 heterocycles. The lowest BCUT2D eigenvalue weighted by Gasteiger charge is -2.37. The predicted octanol–water partition coefficient (Wildman–Crippen LogP) is 3.61. The summed E-state index contributed by atoms with van der Waals surface area (Å²) < 4.78 is 0. The van der Waals surface area contributed by atoms with E-state index in [1.54, 1.807) is 6.08 Å². The first-order chi connectivity index (χ1) is 16.0. The standard InChI is InChI=1S/C24H20N4O4S/c29-21-9-8-16(14-20(21)28(31)32)15-22-23(30)25-24(33-22)27-12-10-26(11-13-27)19-7-3-5-17-4-1-2-6-18(17)19/h1-9,14-15,29H,10-13H2/p-1/b22-15-. The van der Waals surface area contributed by atoms with Crippen LogP contribution in [0.4, 0.5) is 11.4 Å². The number of rotatable bonds is 3. The van der Waals surface area contributed by atoms with Crippen LogP contribution in [0.15, 0.2) is 70.6 Å². The molecule has 2 aliphatic rings. The zero-order valence-corrected chi connectivity index (χ0v) is 18.3. The normalized spacial score (nSPS) is 17.6. The molecule has 3 aromatic carbocycles. The van der Waals surface area contributed by atoms with Crippen LogP contribution in [0.1, 0.15) is 5.56 Å². The van der Waals surface area contributed by atoms with Crippen molar-refractivity contribution in [2.45, 2.75) is 0 Å². The highest BCUT2D eigenvalue weighted by Crippen LogP contribution is 2.33. The maximum atomic E-state index is 12.4. The third-order valence-corrected chi connectivity index (χ3v) is 6.79. The van der Waals surface area contributed by atoms with E-state index in [1.165, 1.54) is 40.4 Å². The largest absolute Gasteiger partial charge is 0.868 e. The minimum absolute atomic E-state index is 0.375. The predicted molar refractivity (Wildman–Crippen MR) is 128 cm³/mol. The molecule has 166 valence electrons. The molecule has 0 saturated carbocycles. The molecule has 1 amide bonds. The van der Waals surface area contributed by atoms with Gasteiger partial charge >= 0.3 is 0 Å². The molecular weight excluding hydrogens is 440 g/mol. The Balaban J connectivity index is 1.28. The van der Waals surface area contributed by atoms with Gasteiger partial charge in [0.25, 0.3) is 11.6 Å². The lowest BCUT2D eigenvalue weighted by atomic mass is 10.1. The molecule has 0 unspecified atom stereocenters. The van der Waals surface area contributed by atoms with E-state index in [9.17, 15) is 20.0 Å². The van der Waals surface area contributed by atoms with E-state index < -0.39 is 16.4 Å². The lowest BCUT2D eigenvalue weighted by Crippen LogP contribution is -2.47. The lowest BCUT2D eigenvalue weighted by molar-refractivity contribution is -0.398. The van der Waals surface area contributed by atoms with Gasteiger partial charge < -0.3 is 14.9 Å². The second-order valence-electron chi connectivity index (χ2n) is 7.77. The Morgan fingerprint density at radius 2 is 1.70 bits per heavy atom. The monoisotopic (exact) mass is 459 g/mol. The number of nitrogens with zero attached hydrogens (tertiary/aromatic N) is 4. The molecule has 1 fully saturated rings. The molecule has 1 saturated heterocycles. The minimum atomic E-state index is -0.717. The van der Waals surface area contributed by atoms with Gasteiger partial charge in [0, 0.05) is 43.3 Å². The number of hydrogen-bond acceptors (Lipinski definition) is 7. The van der Waals surface area contributed by atoms with Gasteiger partial charge in [-0.3, -0.25) is 14.9 Å². The van der Waals surface area contributed by atoms with Crippen molar-refractivity contribution in [3.8, 4) is 5.75 Å². The number of aliphatic imine (C=N–C) groups is 1. The van der Waals surface area contributed by atoms with Crippen LogP contribution in [0.25, 0.3) is 16.8 Å². The second-order valence-corrected chi connectivity index (χ2v) is 8.78. The number of anilines is 1. The maximum Gasteiger partial charge on any atom is 0.286 e. The fourth-order valence-electron chi connectivity index (χ4n) is 4.07. The maximum absolute atomic E-state index is 12.4. The van der Waals surface area contributed by atoms with Crippen LogP contribution >= 0.6 is 11.8 Å². The summed E-state index contributed by atoms with van der Waals surface area (Å²) in [4.78, 5) is 31.8. The van der Waals surface area contributed by atoms with Crippen LogP contribution in [0, 0.1) is 10.1 Å². The Morgan fingerprint density at radius 1 is 0.970 bits per heavy atom. The topological polar surface area (TPSA) is 102 Å². The molecule has 0 radical (unpaired) electrons. The summed E-state index contributed by atoms with van der Waals surface area (Å²) >= 11 is 1.26. The number of piperazine rings is 1. The van der Waals surface area contributed by atoms with Gasteiger partial charge in [-0.2, -0.15) is 4.99 Å². The Hall–Kier alpha value is -3.85. The smallest absolute Gasteiger partial charge is 0.286 e. The molecule has 5 rings (SSSR count). The Labute approximate surface area is 194 Å². The average molecular weight is 460 g/mol. The molecule has 0 spiro atoms. The van der Waals surface area contributed by atoms with E-state index in [-0.39, 0.29) is 5.91 Å². The van der Waals surface area contributed by atoms with Crippen molar-refractivity contribution < 1.29 is 14.8 Å². The van der Waals surface area contributed by atoms with Gasteiger partial charge in [0.05, 0.1) is 9.83 Å².